The molecule has 6 heteroatoms. The van der Waals surface area contributed by atoms with Crippen molar-refractivity contribution >= 4 is 32.6 Å². The van der Waals surface area contributed by atoms with Crippen LogP contribution in [0.5, 0.6) is 0 Å². The minimum atomic E-state index is -3.42. The Morgan fingerprint density at radius 2 is 1.94 bits per heavy atom. The minimum Gasteiger partial charge on any atom is -0.329 e. The third-order valence-corrected chi connectivity index (χ3v) is 5.98. The molecule has 1 aromatic carbocycles. The van der Waals surface area contributed by atoms with E-state index in [1.54, 1.807) is 31.3 Å². The Kier molecular flexibility index (Phi) is 4.30. The van der Waals surface area contributed by atoms with Gasteiger partial charge in [0.1, 0.15) is 0 Å². The van der Waals surface area contributed by atoms with Crippen molar-refractivity contribution < 1.29 is 8.42 Å². The zero-order valence-corrected chi connectivity index (χ0v) is 13.2. The van der Waals surface area contributed by atoms with E-state index in [1.165, 1.54) is 4.31 Å². The van der Waals surface area contributed by atoms with Crippen LogP contribution in [0.2, 0.25) is 0 Å². The summed E-state index contributed by atoms with van der Waals surface area (Å²) in [6.07, 6.45) is 2.16. The van der Waals surface area contributed by atoms with Gasteiger partial charge in [-0.15, -0.1) is 0 Å². The van der Waals surface area contributed by atoms with Crippen molar-refractivity contribution in [2.45, 2.75) is 23.8 Å². The highest BCUT2D eigenvalue weighted by Crippen LogP contribution is 2.36. The Morgan fingerprint density at radius 1 is 1.39 bits per heavy atom. The largest absolute Gasteiger partial charge is 0.329 e. The van der Waals surface area contributed by atoms with Crippen molar-refractivity contribution in [2.75, 3.05) is 13.6 Å². The van der Waals surface area contributed by atoms with Crippen molar-refractivity contribution in [2.24, 2.45) is 11.7 Å². The highest BCUT2D eigenvalue weighted by Gasteiger charge is 2.37. The molecule has 1 atom stereocenters. The molecule has 0 saturated heterocycles. The molecule has 2 N–H and O–H groups in total. The normalized spacial score (nSPS) is 18.0. The van der Waals surface area contributed by atoms with Crippen LogP contribution in [0, 0.1) is 9.49 Å². The number of sulfonamides is 1. The Balaban J connectivity index is 2.26. The Labute approximate surface area is 122 Å². The van der Waals surface area contributed by atoms with Crippen LogP contribution in [0.25, 0.3) is 0 Å². The first kappa shape index (κ1) is 14.2. The van der Waals surface area contributed by atoms with Crippen LogP contribution in [0.3, 0.4) is 0 Å². The fraction of sp³-hybridized carbons (Fsp3) is 0.500. The number of rotatable bonds is 5. The Hall–Kier alpha value is -0.180. The standard InChI is InChI=1S/C12H17IN2O2S/c1-15(12(8-14)9-2-3-9)18(16,17)11-6-4-10(13)5-7-11/h4-7,9,12H,2-3,8,14H2,1H3. The Bertz CT molecular complexity index is 511. The number of halogens is 1. The molecule has 0 bridgehead atoms. The number of nitrogens with two attached hydrogens (primary N) is 1. The number of hydrogen-bond acceptors (Lipinski definition) is 3. The van der Waals surface area contributed by atoms with Gasteiger partial charge in [-0.1, -0.05) is 0 Å². The molecule has 0 aliphatic heterocycles. The summed E-state index contributed by atoms with van der Waals surface area (Å²) in [6.45, 7) is 0.380. The van der Waals surface area contributed by atoms with Gasteiger partial charge in [0.15, 0.2) is 0 Å². The van der Waals surface area contributed by atoms with Crippen LogP contribution in [-0.2, 0) is 10.0 Å². The summed E-state index contributed by atoms with van der Waals surface area (Å²) in [4.78, 5) is 0.338. The third-order valence-electron chi connectivity index (χ3n) is 3.37. The number of nitrogens with zero attached hydrogens (tertiary/aromatic N) is 1. The molecule has 4 nitrogen and oxygen atoms in total. The smallest absolute Gasteiger partial charge is 0.243 e. The van der Waals surface area contributed by atoms with Gasteiger partial charge < -0.3 is 5.73 Å². The van der Waals surface area contributed by atoms with Gasteiger partial charge in [-0.25, -0.2) is 8.42 Å². The lowest BCUT2D eigenvalue weighted by molar-refractivity contribution is 0.340. The first-order valence-electron chi connectivity index (χ1n) is 5.90. The maximum Gasteiger partial charge on any atom is 0.243 e. The summed E-state index contributed by atoms with van der Waals surface area (Å²) in [5, 5.41) is 0. The molecule has 0 radical (unpaired) electrons. The van der Waals surface area contributed by atoms with Crippen LogP contribution < -0.4 is 5.73 Å². The van der Waals surface area contributed by atoms with Crippen LogP contribution in [0.4, 0.5) is 0 Å². The van der Waals surface area contributed by atoms with E-state index in [2.05, 4.69) is 22.6 Å². The Morgan fingerprint density at radius 3 is 2.39 bits per heavy atom. The van der Waals surface area contributed by atoms with Crippen molar-refractivity contribution in [3.05, 3.63) is 27.8 Å². The first-order valence-corrected chi connectivity index (χ1v) is 8.42. The van der Waals surface area contributed by atoms with E-state index in [1.807, 2.05) is 0 Å². The SMILES string of the molecule is CN(C(CN)C1CC1)S(=O)(=O)c1ccc(I)cc1. The molecule has 100 valence electrons. The highest BCUT2D eigenvalue weighted by atomic mass is 127. The van der Waals surface area contributed by atoms with E-state index in [9.17, 15) is 8.42 Å². The monoisotopic (exact) mass is 380 g/mol. The molecular formula is C12H17IN2O2S. The summed E-state index contributed by atoms with van der Waals surface area (Å²) >= 11 is 2.15. The van der Waals surface area contributed by atoms with Crippen molar-refractivity contribution in [1.82, 2.24) is 4.31 Å². The van der Waals surface area contributed by atoms with Gasteiger partial charge >= 0.3 is 0 Å². The molecule has 1 aliphatic rings. The summed E-state index contributed by atoms with van der Waals surface area (Å²) in [5.74, 6) is 0.429. The van der Waals surface area contributed by atoms with Crippen LogP contribution in [0.1, 0.15) is 12.8 Å². The van der Waals surface area contributed by atoms with E-state index in [0.29, 0.717) is 17.4 Å². The van der Waals surface area contributed by atoms with Crippen molar-refractivity contribution in [1.29, 1.82) is 0 Å². The molecule has 0 amide bonds. The van der Waals surface area contributed by atoms with Crippen LogP contribution in [-0.4, -0.2) is 32.4 Å². The molecule has 1 aromatic rings. The lowest BCUT2D eigenvalue weighted by Crippen LogP contribution is -2.43. The van der Waals surface area contributed by atoms with Crippen LogP contribution >= 0.6 is 22.6 Å². The highest BCUT2D eigenvalue weighted by molar-refractivity contribution is 14.1. The first-order chi connectivity index (χ1) is 8.46. The van der Waals surface area contributed by atoms with Crippen LogP contribution in [0.15, 0.2) is 29.2 Å². The average molecular weight is 380 g/mol. The summed E-state index contributed by atoms with van der Waals surface area (Å²) in [6, 6.07) is 6.82. The molecule has 18 heavy (non-hydrogen) atoms. The number of hydrogen-bond donors (Lipinski definition) is 1. The maximum absolute atomic E-state index is 12.4. The second kappa shape index (κ2) is 5.44. The molecule has 0 heterocycles. The fourth-order valence-corrected chi connectivity index (χ4v) is 3.86. The molecule has 0 aromatic heterocycles. The van der Waals surface area contributed by atoms with Gasteiger partial charge in [0.05, 0.1) is 4.90 Å². The van der Waals surface area contributed by atoms with E-state index in [0.717, 1.165) is 16.4 Å². The summed E-state index contributed by atoms with van der Waals surface area (Å²) in [5.41, 5.74) is 5.71. The fourth-order valence-electron chi connectivity index (χ4n) is 2.07. The van der Waals surface area contributed by atoms with Crippen molar-refractivity contribution in [3.8, 4) is 0 Å². The van der Waals surface area contributed by atoms with Gasteiger partial charge in [0.2, 0.25) is 10.0 Å². The number of likely N-dealkylation sites (N-methyl/N-ethyl adjacent to an activating group) is 1. The molecule has 1 aliphatic carbocycles. The van der Waals surface area contributed by atoms with Gasteiger partial charge in [-0.05, 0) is 65.6 Å². The van der Waals surface area contributed by atoms with E-state index < -0.39 is 10.0 Å². The minimum absolute atomic E-state index is 0.0747. The predicted octanol–water partition coefficient (Wildman–Crippen LogP) is 1.65. The van der Waals surface area contributed by atoms with Gasteiger partial charge in [-0.2, -0.15) is 4.31 Å². The summed E-state index contributed by atoms with van der Waals surface area (Å²) < 4.78 is 27.3. The molecule has 2 rings (SSSR count). The molecule has 1 saturated carbocycles. The quantitative estimate of drug-likeness (QED) is 0.791. The van der Waals surface area contributed by atoms with Gasteiger partial charge in [0, 0.05) is 23.2 Å². The zero-order chi connectivity index (χ0) is 13.3. The predicted molar refractivity (Wildman–Crippen MR) is 79.7 cm³/mol. The molecule has 0 spiro atoms. The van der Waals surface area contributed by atoms with Crippen molar-refractivity contribution in [3.63, 3.8) is 0 Å². The lowest BCUT2D eigenvalue weighted by Gasteiger charge is -2.26. The third kappa shape index (κ3) is 2.87. The summed E-state index contributed by atoms with van der Waals surface area (Å²) in [7, 11) is -1.79. The lowest BCUT2D eigenvalue weighted by atomic mass is 10.2. The maximum atomic E-state index is 12.4. The molecular weight excluding hydrogens is 363 g/mol. The average Bonchev–Trinajstić information content (AvgIpc) is 3.15. The van der Waals surface area contributed by atoms with E-state index in [4.69, 9.17) is 5.73 Å². The number of benzene rings is 1. The van der Waals surface area contributed by atoms with Gasteiger partial charge in [-0.3, -0.25) is 0 Å². The van der Waals surface area contributed by atoms with E-state index in [-0.39, 0.29) is 6.04 Å². The molecule has 1 fully saturated rings. The zero-order valence-electron chi connectivity index (χ0n) is 10.2. The second-order valence-electron chi connectivity index (χ2n) is 4.62. The topological polar surface area (TPSA) is 63.4 Å². The second-order valence-corrected chi connectivity index (χ2v) is 7.86. The van der Waals surface area contributed by atoms with Gasteiger partial charge in [0.25, 0.3) is 0 Å². The van der Waals surface area contributed by atoms with E-state index >= 15 is 0 Å². The molecule has 1 unspecified atom stereocenters.